The topological polar surface area (TPSA) is 52.6 Å². The van der Waals surface area contributed by atoms with Crippen molar-refractivity contribution in [3.63, 3.8) is 0 Å². The lowest BCUT2D eigenvalue weighted by molar-refractivity contribution is -0.150. The first-order valence-electron chi connectivity index (χ1n) is 14.8. The molecule has 0 fully saturated rings. The summed E-state index contributed by atoms with van der Waals surface area (Å²) in [5.74, 6) is 0.412. The van der Waals surface area contributed by atoms with E-state index in [0.717, 1.165) is 44.9 Å². The van der Waals surface area contributed by atoms with Crippen molar-refractivity contribution in [2.75, 3.05) is 13.2 Å². The molecule has 0 spiro atoms. The third kappa shape index (κ3) is 21.5. The molecule has 0 aromatic rings. The quantitative estimate of drug-likeness (QED) is 0.0961. The van der Waals surface area contributed by atoms with Gasteiger partial charge in [0.1, 0.15) is 0 Å². The van der Waals surface area contributed by atoms with Gasteiger partial charge in [-0.3, -0.25) is 9.59 Å². The highest BCUT2D eigenvalue weighted by atomic mass is 16.5. The molecule has 2 atom stereocenters. The Labute approximate surface area is 212 Å². The van der Waals surface area contributed by atoms with Gasteiger partial charge in [0.2, 0.25) is 0 Å². The lowest BCUT2D eigenvalue weighted by atomic mass is 9.90. The highest BCUT2D eigenvalue weighted by Crippen LogP contribution is 2.21. The Morgan fingerprint density at radius 2 is 0.971 bits per heavy atom. The third-order valence-electron chi connectivity index (χ3n) is 7.02. The third-order valence-corrected chi connectivity index (χ3v) is 7.02. The monoisotopic (exact) mass is 482 g/mol. The van der Waals surface area contributed by atoms with E-state index in [9.17, 15) is 9.59 Å². The summed E-state index contributed by atoms with van der Waals surface area (Å²) in [5, 5.41) is 0. The first-order chi connectivity index (χ1) is 16.5. The number of rotatable bonds is 25. The molecular weight excluding hydrogens is 424 g/mol. The van der Waals surface area contributed by atoms with E-state index < -0.39 is 0 Å². The van der Waals surface area contributed by atoms with E-state index in [1.54, 1.807) is 0 Å². The molecule has 0 bridgehead atoms. The lowest BCUT2D eigenvalue weighted by Gasteiger charge is -2.18. The second kappa shape index (κ2) is 25.0. The normalized spacial score (nSPS) is 12.9. The Morgan fingerprint density at radius 1 is 0.559 bits per heavy atom. The summed E-state index contributed by atoms with van der Waals surface area (Å²) >= 11 is 0. The number of hydrogen-bond donors (Lipinski definition) is 0. The number of carbonyl (C=O) groups excluding carboxylic acids is 2. The summed E-state index contributed by atoms with van der Waals surface area (Å²) in [5.41, 5.74) is 0. The van der Waals surface area contributed by atoms with E-state index in [1.165, 1.54) is 77.0 Å². The predicted molar refractivity (Wildman–Crippen MR) is 144 cm³/mol. The molecule has 0 aliphatic heterocycles. The van der Waals surface area contributed by atoms with Crippen LogP contribution in [0.5, 0.6) is 0 Å². The standard InChI is InChI=1S/C30H58O4/c1-5-7-25-33-29(31)24-22-20-18-16-14-12-10-9-11-13-15-17-19-21-23-27(3)28(4)30(32)34-26-8-6-2/h27-28H,5-26H2,1-4H3. The Hall–Kier alpha value is -1.06. The summed E-state index contributed by atoms with van der Waals surface area (Å²) < 4.78 is 10.5. The smallest absolute Gasteiger partial charge is 0.308 e. The van der Waals surface area contributed by atoms with Gasteiger partial charge in [-0.05, 0) is 31.6 Å². The van der Waals surface area contributed by atoms with Crippen LogP contribution in [0.2, 0.25) is 0 Å². The van der Waals surface area contributed by atoms with Gasteiger partial charge in [0, 0.05) is 6.42 Å². The van der Waals surface area contributed by atoms with Crippen molar-refractivity contribution >= 4 is 11.9 Å². The van der Waals surface area contributed by atoms with Gasteiger partial charge in [0.05, 0.1) is 19.1 Å². The Kier molecular flexibility index (Phi) is 24.3. The molecule has 0 aliphatic rings. The maximum atomic E-state index is 12.0. The summed E-state index contributed by atoms with van der Waals surface area (Å²) in [6, 6.07) is 0. The molecule has 0 N–H and O–H groups in total. The predicted octanol–water partition coefficient (Wildman–Crippen LogP) is 9.19. The summed E-state index contributed by atoms with van der Waals surface area (Å²) in [4.78, 5) is 23.6. The van der Waals surface area contributed by atoms with Gasteiger partial charge < -0.3 is 9.47 Å². The molecule has 0 saturated carbocycles. The molecular formula is C30H58O4. The molecule has 0 saturated heterocycles. The van der Waals surface area contributed by atoms with Crippen LogP contribution in [0.4, 0.5) is 0 Å². The molecule has 4 nitrogen and oxygen atoms in total. The van der Waals surface area contributed by atoms with Crippen LogP contribution in [0.25, 0.3) is 0 Å². The zero-order valence-electron chi connectivity index (χ0n) is 23.3. The van der Waals surface area contributed by atoms with Crippen LogP contribution in [-0.2, 0) is 19.1 Å². The highest BCUT2D eigenvalue weighted by Gasteiger charge is 2.21. The maximum Gasteiger partial charge on any atom is 0.308 e. The van der Waals surface area contributed by atoms with Crippen molar-refractivity contribution in [3.8, 4) is 0 Å². The van der Waals surface area contributed by atoms with Gasteiger partial charge >= 0.3 is 11.9 Å². The molecule has 4 heteroatoms. The van der Waals surface area contributed by atoms with Crippen LogP contribution in [0, 0.1) is 11.8 Å². The fourth-order valence-corrected chi connectivity index (χ4v) is 4.19. The van der Waals surface area contributed by atoms with Crippen LogP contribution >= 0.6 is 0 Å². The Morgan fingerprint density at radius 3 is 1.44 bits per heavy atom. The fourth-order valence-electron chi connectivity index (χ4n) is 4.19. The number of esters is 2. The SMILES string of the molecule is CCCCOC(=O)CCCCCCCCCCCCCCCCC(C)C(C)C(=O)OCCCC. The van der Waals surface area contributed by atoms with Crippen LogP contribution < -0.4 is 0 Å². The van der Waals surface area contributed by atoms with Gasteiger partial charge in [0.15, 0.2) is 0 Å². The maximum absolute atomic E-state index is 12.0. The molecule has 34 heavy (non-hydrogen) atoms. The minimum atomic E-state index is -0.0163. The van der Waals surface area contributed by atoms with Crippen molar-refractivity contribution in [2.24, 2.45) is 11.8 Å². The summed E-state index contributed by atoms with van der Waals surface area (Å²) in [6.07, 6.45) is 23.9. The minimum Gasteiger partial charge on any atom is -0.466 e. The molecule has 202 valence electrons. The highest BCUT2D eigenvalue weighted by molar-refractivity contribution is 5.72. The lowest BCUT2D eigenvalue weighted by Crippen LogP contribution is -2.22. The van der Waals surface area contributed by atoms with Crippen LogP contribution in [-0.4, -0.2) is 25.2 Å². The van der Waals surface area contributed by atoms with Gasteiger partial charge in [-0.15, -0.1) is 0 Å². The fraction of sp³-hybridized carbons (Fsp3) is 0.933. The second-order valence-electron chi connectivity index (χ2n) is 10.3. The van der Waals surface area contributed by atoms with Crippen molar-refractivity contribution in [3.05, 3.63) is 0 Å². The van der Waals surface area contributed by atoms with E-state index in [1.807, 2.05) is 6.92 Å². The van der Waals surface area contributed by atoms with Crippen LogP contribution in [0.15, 0.2) is 0 Å². The van der Waals surface area contributed by atoms with Crippen molar-refractivity contribution in [1.29, 1.82) is 0 Å². The average Bonchev–Trinajstić information content (AvgIpc) is 2.83. The Balaban J connectivity index is 3.33. The molecule has 0 heterocycles. The van der Waals surface area contributed by atoms with Gasteiger partial charge in [-0.25, -0.2) is 0 Å². The van der Waals surface area contributed by atoms with E-state index in [4.69, 9.17) is 9.47 Å². The van der Waals surface area contributed by atoms with Crippen LogP contribution in [0.3, 0.4) is 0 Å². The molecule has 0 rings (SSSR count). The molecule has 0 aromatic carbocycles. The number of hydrogen-bond acceptors (Lipinski definition) is 4. The first kappa shape index (κ1) is 32.9. The van der Waals surface area contributed by atoms with Crippen molar-refractivity contribution in [1.82, 2.24) is 0 Å². The Bertz CT molecular complexity index is 463. The minimum absolute atomic E-state index is 0.0132. The largest absolute Gasteiger partial charge is 0.466 e. The zero-order valence-corrected chi connectivity index (χ0v) is 23.3. The van der Waals surface area contributed by atoms with E-state index in [-0.39, 0.29) is 17.9 Å². The summed E-state index contributed by atoms with van der Waals surface area (Å²) in [7, 11) is 0. The van der Waals surface area contributed by atoms with E-state index in [2.05, 4.69) is 20.8 Å². The van der Waals surface area contributed by atoms with Gasteiger partial charge in [-0.2, -0.15) is 0 Å². The number of unbranched alkanes of at least 4 members (excludes halogenated alkanes) is 15. The molecule has 0 amide bonds. The van der Waals surface area contributed by atoms with E-state index >= 15 is 0 Å². The summed E-state index contributed by atoms with van der Waals surface area (Å²) in [6.45, 7) is 9.60. The molecule has 0 aliphatic carbocycles. The molecule has 0 radical (unpaired) electrons. The number of ether oxygens (including phenoxy) is 2. The van der Waals surface area contributed by atoms with Gasteiger partial charge in [0.25, 0.3) is 0 Å². The van der Waals surface area contributed by atoms with E-state index in [0.29, 0.717) is 25.6 Å². The molecule has 2 unspecified atom stereocenters. The average molecular weight is 483 g/mol. The van der Waals surface area contributed by atoms with Crippen molar-refractivity contribution in [2.45, 2.75) is 156 Å². The van der Waals surface area contributed by atoms with Crippen molar-refractivity contribution < 1.29 is 19.1 Å². The second-order valence-corrected chi connectivity index (χ2v) is 10.3. The number of carbonyl (C=O) groups is 2. The van der Waals surface area contributed by atoms with Gasteiger partial charge in [-0.1, -0.05) is 124 Å². The molecule has 0 aromatic heterocycles. The zero-order chi connectivity index (χ0) is 25.3. The van der Waals surface area contributed by atoms with Crippen LogP contribution in [0.1, 0.15) is 156 Å². The first-order valence-corrected chi connectivity index (χ1v) is 14.8.